The Morgan fingerprint density at radius 1 is 1.04 bits per heavy atom. The standard InChI is InChI=1S/C18H14N2O4/c1-20(17-10-14(19-24-17)12-5-3-2-4-6-12)18(21)13-7-8-15-16(9-13)23-11-22-15/h2-10H,11H2,1H3. The molecule has 1 amide bonds. The number of hydrogen-bond donors (Lipinski definition) is 0. The van der Waals surface area contributed by atoms with Gasteiger partial charge in [0, 0.05) is 24.2 Å². The van der Waals surface area contributed by atoms with Gasteiger partial charge in [-0.3, -0.25) is 9.69 Å². The third-order valence-corrected chi connectivity index (χ3v) is 3.82. The maximum atomic E-state index is 12.6. The maximum absolute atomic E-state index is 12.6. The van der Waals surface area contributed by atoms with E-state index in [0.717, 1.165) is 5.56 Å². The summed E-state index contributed by atoms with van der Waals surface area (Å²) in [6, 6.07) is 16.5. The van der Waals surface area contributed by atoms with Gasteiger partial charge < -0.3 is 14.0 Å². The van der Waals surface area contributed by atoms with Gasteiger partial charge in [0.05, 0.1) is 0 Å². The van der Waals surface area contributed by atoms with Crippen LogP contribution in [0.3, 0.4) is 0 Å². The molecule has 4 rings (SSSR count). The molecule has 0 N–H and O–H groups in total. The number of carbonyl (C=O) groups excluding carboxylic acids is 1. The molecule has 1 aromatic heterocycles. The van der Waals surface area contributed by atoms with E-state index in [0.29, 0.717) is 28.6 Å². The van der Waals surface area contributed by atoms with E-state index in [1.807, 2.05) is 30.3 Å². The Kier molecular flexibility index (Phi) is 3.42. The van der Waals surface area contributed by atoms with Crippen LogP contribution in [0.1, 0.15) is 10.4 Å². The summed E-state index contributed by atoms with van der Waals surface area (Å²) in [4.78, 5) is 14.0. The van der Waals surface area contributed by atoms with Gasteiger partial charge in [-0.2, -0.15) is 0 Å². The number of aromatic nitrogens is 1. The van der Waals surface area contributed by atoms with Gasteiger partial charge in [0.2, 0.25) is 12.7 Å². The topological polar surface area (TPSA) is 64.8 Å². The first kappa shape index (κ1) is 14.3. The number of amides is 1. The van der Waals surface area contributed by atoms with Crippen LogP contribution < -0.4 is 14.4 Å². The molecule has 0 aliphatic carbocycles. The third kappa shape index (κ3) is 2.48. The molecular formula is C18H14N2O4. The van der Waals surface area contributed by atoms with Crippen LogP contribution in [-0.4, -0.2) is 24.9 Å². The minimum atomic E-state index is -0.218. The highest BCUT2D eigenvalue weighted by atomic mass is 16.7. The van der Waals surface area contributed by atoms with E-state index >= 15 is 0 Å². The molecule has 3 aromatic rings. The van der Waals surface area contributed by atoms with E-state index in [4.69, 9.17) is 14.0 Å². The second-order valence-corrected chi connectivity index (χ2v) is 5.35. The normalized spacial score (nSPS) is 12.2. The van der Waals surface area contributed by atoms with Crippen LogP contribution >= 0.6 is 0 Å². The molecule has 1 aliphatic rings. The molecule has 6 nitrogen and oxygen atoms in total. The average Bonchev–Trinajstić information content (AvgIpc) is 3.30. The number of ether oxygens (including phenoxy) is 2. The molecule has 24 heavy (non-hydrogen) atoms. The Bertz CT molecular complexity index is 889. The van der Waals surface area contributed by atoms with Crippen LogP contribution in [0.2, 0.25) is 0 Å². The number of fused-ring (bicyclic) bond motifs is 1. The maximum Gasteiger partial charge on any atom is 0.260 e. The summed E-state index contributed by atoms with van der Waals surface area (Å²) in [5, 5.41) is 4.03. The molecule has 0 unspecified atom stereocenters. The van der Waals surface area contributed by atoms with Crippen LogP contribution in [0.5, 0.6) is 11.5 Å². The molecule has 120 valence electrons. The highest BCUT2D eigenvalue weighted by molar-refractivity contribution is 6.05. The van der Waals surface area contributed by atoms with Crippen molar-refractivity contribution in [3.8, 4) is 22.8 Å². The van der Waals surface area contributed by atoms with Crippen molar-refractivity contribution in [2.45, 2.75) is 0 Å². The first-order chi connectivity index (χ1) is 11.7. The van der Waals surface area contributed by atoms with Crippen molar-refractivity contribution in [2.75, 3.05) is 18.7 Å². The summed E-state index contributed by atoms with van der Waals surface area (Å²) in [5.74, 6) is 1.36. The quantitative estimate of drug-likeness (QED) is 0.740. The fourth-order valence-electron chi connectivity index (χ4n) is 2.49. The molecule has 0 bridgehead atoms. The zero-order valence-corrected chi connectivity index (χ0v) is 12.9. The van der Waals surface area contributed by atoms with Gasteiger partial charge in [0.1, 0.15) is 5.69 Å². The lowest BCUT2D eigenvalue weighted by Gasteiger charge is -2.13. The minimum Gasteiger partial charge on any atom is -0.454 e. The van der Waals surface area contributed by atoms with Crippen molar-refractivity contribution in [3.63, 3.8) is 0 Å². The number of carbonyl (C=O) groups is 1. The summed E-state index contributed by atoms with van der Waals surface area (Å²) >= 11 is 0. The second kappa shape index (κ2) is 5.73. The molecule has 0 saturated heterocycles. The van der Waals surface area contributed by atoms with Crippen LogP contribution in [0, 0.1) is 0 Å². The SMILES string of the molecule is CN(C(=O)c1ccc2c(c1)OCO2)c1cc(-c2ccccc2)no1. The van der Waals surface area contributed by atoms with Crippen molar-refractivity contribution >= 4 is 11.8 Å². The number of hydrogen-bond acceptors (Lipinski definition) is 5. The molecular weight excluding hydrogens is 308 g/mol. The van der Waals surface area contributed by atoms with Crippen LogP contribution in [0.25, 0.3) is 11.3 Å². The molecule has 2 aromatic carbocycles. The van der Waals surface area contributed by atoms with Crippen LogP contribution in [0.4, 0.5) is 5.88 Å². The van der Waals surface area contributed by atoms with Crippen LogP contribution in [0.15, 0.2) is 59.1 Å². The zero-order chi connectivity index (χ0) is 16.5. The Morgan fingerprint density at radius 2 is 1.83 bits per heavy atom. The van der Waals surface area contributed by atoms with Gasteiger partial charge in [0.25, 0.3) is 5.91 Å². The van der Waals surface area contributed by atoms with Gasteiger partial charge in [-0.05, 0) is 18.2 Å². The molecule has 0 spiro atoms. The highest BCUT2D eigenvalue weighted by Gasteiger charge is 2.21. The van der Waals surface area contributed by atoms with E-state index in [2.05, 4.69) is 5.16 Å². The summed E-state index contributed by atoms with van der Waals surface area (Å²) in [5.41, 5.74) is 2.09. The summed E-state index contributed by atoms with van der Waals surface area (Å²) in [6.45, 7) is 0.172. The lowest BCUT2D eigenvalue weighted by atomic mass is 10.1. The van der Waals surface area contributed by atoms with Crippen LogP contribution in [-0.2, 0) is 0 Å². The number of rotatable bonds is 3. The first-order valence-corrected chi connectivity index (χ1v) is 7.42. The van der Waals surface area contributed by atoms with Crippen molar-refractivity contribution in [1.82, 2.24) is 5.16 Å². The molecule has 0 fully saturated rings. The van der Waals surface area contributed by atoms with Crippen molar-refractivity contribution in [2.24, 2.45) is 0 Å². The smallest absolute Gasteiger partial charge is 0.260 e. The molecule has 6 heteroatoms. The Morgan fingerprint density at radius 3 is 2.67 bits per heavy atom. The number of nitrogens with zero attached hydrogens (tertiary/aromatic N) is 2. The van der Waals surface area contributed by atoms with Gasteiger partial charge in [0.15, 0.2) is 11.5 Å². The fraction of sp³-hybridized carbons (Fsp3) is 0.111. The molecule has 0 saturated carbocycles. The summed E-state index contributed by atoms with van der Waals surface area (Å²) in [6.07, 6.45) is 0. The van der Waals surface area contributed by atoms with Crippen molar-refractivity contribution in [1.29, 1.82) is 0 Å². The van der Waals surface area contributed by atoms with Crippen molar-refractivity contribution in [3.05, 3.63) is 60.2 Å². The van der Waals surface area contributed by atoms with E-state index < -0.39 is 0 Å². The fourth-order valence-corrected chi connectivity index (χ4v) is 2.49. The summed E-state index contributed by atoms with van der Waals surface area (Å²) < 4.78 is 15.9. The minimum absolute atomic E-state index is 0.172. The van der Waals surface area contributed by atoms with Gasteiger partial charge in [-0.1, -0.05) is 35.5 Å². The monoisotopic (exact) mass is 322 g/mol. The molecule has 2 heterocycles. The number of anilines is 1. The van der Waals surface area contributed by atoms with Gasteiger partial charge >= 0.3 is 0 Å². The van der Waals surface area contributed by atoms with Crippen molar-refractivity contribution < 1.29 is 18.8 Å². The van der Waals surface area contributed by atoms with Gasteiger partial charge in [-0.25, -0.2) is 0 Å². The number of benzene rings is 2. The molecule has 0 radical (unpaired) electrons. The zero-order valence-electron chi connectivity index (χ0n) is 12.9. The predicted molar refractivity (Wildman–Crippen MR) is 87.2 cm³/mol. The predicted octanol–water partition coefficient (Wildman–Crippen LogP) is 3.35. The average molecular weight is 322 g/mol. The lowest BCUT2D eigenvalue weighted by molar-refractivity contribution is 0.0987. The van der Waals surface area contributed by atoms with E-state index in [9.17, 15) is 4.79 Å². The summed E-state index contributed by atoms with van der Waals surface area (Å²) in [7, 11) is 1.64. The first-order valence-electron chi connectivity index (χ1n) is 7.42. The Hall–Kier alpha value is -3.28. The van der Waals surface area contributed by atoms with E-state index in [-0.39, 0.29) is 12.7 Å². The largest absolute Gasteiger partial charge is 0.454 e. The lowest BCUT2D eigenvalue weighted by Crippen LogP contribution is -2.25. The van der Waals surface area contributed by atoms with E-state index in [1.54, 1.807) is 31.3 Å². The Labute approximate surface area is 138 Å². The highest BCUT2D eigenvalue weighted by Crippen LogP contribution is 2.33. The van der Waals surface area contributed by atoms with Gasteiger partial charge in [-0.15, -0.1) is 0 Å². The molecule has 1 aliphatic heterocycles. The third-order valence-electron chi connectivity index (χ3n) is 3.82. The molecule has 0 atom stereocenters. The Balaban J connectivity index is 1.58. The second-order valence-electron chi connectivity index (χ2n) is 5.35. The van der Waals surface area contributed by atoms with E-state index in [1.165, 1.54) is 4.90 Å².